The Morgan fingerprint density at radius 3 is 2.37 bits per heavy atom. The van der Waals surface area contributed by atoms with Crippen LogP contribution in [-0.2, 0) is 24.1 Å². The van der Waals surface area contributed by atoms with Crippen molar-refractivity contribution >= 4 is 14.1 Å². The predicted molar refractivity (Wildman–Crippen MR) is 148 cm³/mol. The van der Waals surface area contributed by atoms with Crippen LogP contribution in [0.2, 0.25) is 19.6 Å². The number of ketones is 1. The van der Waals surface area contributed by atoms with Gasteiger partial charge < -0.3 is 18.6 Å². The van der Waals surface area contributed by atoms with E-state index in [1.54, 1.807) is 13.2 Å². The van der Waals surface area contributed by atoms with Crippen LogP contribution < -0.4 is 4.74 Å². The number of carbonyl (C=O) groups excluding carboxylic acids is 1. The van der Waals surface area contributed by atoms with E-state index in [9.17, 15) is 4.79 Å². The minimum Gasteiger partial charge on any atom is -0.547 e. The summed E-state index contributed by atoms with van der Waals surface area (Å²) in [5.74, 6) is 1.18. The van der Waals surface area contributed by atoms with Gasteiger partial charge in [0.2, 0.25) is 8.32 Å². The molecule has 2 saturated carbocycles. The fourth-order valence-corrected chi connectivity index (χ4v) is 10.5. The highest BCUT2D eigenvalue weighted by molar-refractivity contribution is 6.70. The summed E-state index contributed by atoms with van der Waals surface area (Å²) < 4.78 is 25.3. The molecule has 1 heterocycles. The van der Waals surface area contributed by atoms with Crippen LogP contribution in [0.1, 0.15) is 44.6 Å². The molecular weight excluding hydrogens is 492 g/mol. The molecule has 3 fully saturated rings. The molecule has 38 heavy (non-hydrogen) atoms. The lowest BCUT2D eigenvalue weighted by atomic mass is 9.51. The first kappa shape index (κ1) is 24.9. The highest BCUT2D eigenvalue weighted by Gasteiger charge is 2.78. The standard InChI is InChI=1S/C32H40O5Si/c1-29-13-6-7-14-30(29)16-17-31(29,21-8-10-22(34-2)11-9-21)27-25(37-38(3,4)5)20-23-26(28(27)30)24(33)12-15-32(23)35-18-19-36-32/h8-12,15-17,23,26,28H,6-7,13-14,18-20H2,1-5H3/t23-,26+,28+,29+,30-,31-/m1/s1. The Morgan fingerprint density at radius 2 is 1.68 bits per heavy atom. The van der Waals surface area contributed by atoms with E-state index in [-0.39, 0.29) is 39.8 Å². The van der Waals surface area contributed by atoms with E-state index in [1.807, 2.05) is 6.08 Å². The highest BCUT2D eigenvalue weighted by Crippen LogP contribution is 2.81. The Hall–Kier alpha value is -2.15. The van der Waals surface area contributed by atoms with E-state index in [0.29, 0.717) is 19.6 Å². The smallest absolute Gasteiger partial charge is 0.241 e. The highest BCUT2D eigenvalue weighted by atomic mass is 28.4. The number of hydrogen-bond donors (Lipinski definition) is 0. The van der Waals surface area contributed by atoms with Crippen molar-refractivity contribution in [1.82, 2.24) is 0 Å². The topological polar surface area (TPSA) is 54.0 Å². The van der Waals surface area contributed by atoms with Gasteiger partial charge in [-0.25, -0.2) is 0 Å². The minimum atomic E-state index is -1.97. The van der Waals surface area contributed by atoms with Crippen LogP contribution >= 0.6 is 0 Å². The van der Waals surface area contributed by atoms with Crippen LogP contribution in [0.4, 0.5) is 0 Å². The maximum atomic E-state index is 14.0. The number of methoxy groups -OCH3 is 1. The summed E-state index contributed by atoms with van der Waals surface area (Å²) in [5.41, 5.74) is 2.21. The van der Waals surface area contributed by atoms with Crippen LogP contribution in [0.5, 0.6) is 5.75 Å². The number of rotatable bonds is 4. The zero-order chi connectivity index (χ0) is 26.6. The normalized spacial score (nSPS) is 40.3. The van der Waals surface area contributed by atoms with Crippen LogP contribution in [0, 0.1) is 28.6 Å². The first-order chi connectivity index (χ1) is 18.1. The first-order valence-electron chi connectivity index (χ1n) is 14.4. The number of ether oxygens (including phenoxy) is 3. The fourth-order valence-electron chi connectivity index (χ4n) is 9.58. The molecule has 6 heteroatoms. The van der Waals surface area contributed by atoms with E-state index in [2.05, 4.69) is 63.0 Å². The van der Waals surface area contributed by atoms with Crippen molar-refractivity contribution < 1.29 is 23.4 Å². The van der Waals surface area contributed by atoms with Crippen molar-refractivity contribution in [3.05, 3.63) is 65.5 Å². The van der Waals surface area contributed by atoms with E-state index >= 15 is 0 Å². The predicted octanol–water partition coefficient (Wildman–Crippen LogP) is 6.32. The molecule has 1 aromatic carbocycles. The lowest BCUT2D eigenvalue weighted by Gasteiger charge is -2.53. The first-order valence-corrected chi connectivity index (χ1v) is 17.8. The third-order valence-corrected chi connectivity index (χ3v) is 11.7. The molecule has 0 unspecified atom stereocenters. The van der Waals surface area contributed by atoms with Gasteiger partial charge in [-0.05, 0) is 73.3 Å². The Morgan fingerprint density at radius 1 is 0.974 bits per heavy atom. The van der Waals surface area contributed by atoms with Crippen molar-refractivity contribution in [2.75, 3.05) is 20.3 Å². The molecule has 5 nitrogen and oxygen atoms in total. The molecule has 202 valence electrons. The quantitative estimate of drug-likeness (QED) is 0.335. The average Bonchev–Trinajstić information content (AvgIpc) is 3.53. The molecule has 6 aliphatic rings. The number of benzene rings is 1. The van der Waals surface area contributed by atoms with Gasteiger partial charge in [-0.3, -0.25) is 4.79 Å². The third kappa shape index (κ3) is 2.92. The lowest BCUT2D eigenvalue weighted by Crippen LogP contribution is -2.55. The van der Waals surface area contributed by atoms with Crippen LogP contribution in [0.15, 0.2) is 59.9 Å². The van der Waals surface area contributed by atoms with Gasteiger partial charge in [0.1, 0.15) is 5.75 Å². The van der Waals surface area contributed by atoms with Crippen molar-refractivity contribution in [1.29, 1.82) is 0 Å². The summed E-state index contributed by atoms with van der Waals surface area (Å²) in [6.45, 7) is 10.4. The zero-order valence-electron chi connectivity index (χ0n) is 23.3. The summed E-state index contributed by atoms with van der Waals surface area (Å²) >= 11 is 0. The van der Waals surface area contributed by atoms with Crippen LogP contribution in [0.25, 0.3) is 0 Å². The van der Waals surface area contributed by atoms with Gasteiger partial charge in [0.25, 0.3) is 0 Å². The number of allylic oxidation sites excluding steroid dienone is 5. The second-order valence-electron chi connectivity index (χ2n) is 13.5. The van der Waals surface area contributed by atoms with Gasteiger partial charge in [0.05, 0.1) is 26.1 Å². The molecule has 0 N–H and O–H groups in total. The number of carbonyl (C=O) groups is 1. The zero-order valence-corrected chi connectivity index (χ0v) is 24.3. The molecular formula is C32H40O5Si. The Bertz CT molecular complexity index is 1270. The average molecular weight is 533 g/mol. The van der Waals surface area contributed by atoms with Gasteiger partial charge in [-0.15, -0.1) is 0 Å². The molecule has 0 radical (unpaired) electrons. The van der Waals surface area contributed by atoms with Gasteiger partial charge >= 0.3 is 0 Å². The Balaban J connectivity index is 1.52. The van der Waals surface area contributed by atoms with E-state index in [4.69, 9.17) is 18.6 Å². The summed E-state index contributed by atoms with van der Waals surface area (Å²) in [6.07, 6.45) is 14.0. The second-order valence-corrected chi connectivity index (χ2v) is 17.9. The molecule has 1 aliphatic heterocycles. The van der Waals surface area contributed by atoms with E-state index in [0.717, 1.165) is 24.4 Å². The Kier molecular flexibility index (Phi) is 5.20. The number of hydrogen-bond acceptors (Lipinski definition) is 5. The van der Waals surface area contributed by atoms with Crippen molar-refractivity contribution in [2.24, 2.45) is 28.6 Å². The Labute approximate surface area is 227 Å². The SMILES string of the molecule is COc1ccc([C@@]23C=C[C@]4(CCCC[C@]24C)[C@@H]2C3=C(O[Si](C)(C)C)C[C@@H]3[C@H]2C(=O)C=CC32OCCO2)cc1. The molecule has 1 aromatic rings. The van der Waals surface area contributed by atoms with Gasteiger partial charge in [0, 0.05) is 35.0 Å². The van der Waals surface area contributed by atoms with E-state index < -0.39 is 14.1 Å². The maximum absolute atomic E-state index is 14.0. The lowest BCUT2D eigenvalue weighted by molar-refractivity contribution is -0.189. The van der Waals surface area contributed by atoms with Crippen molar-refractivity contribution in [3.8, 4) is 5.75 Å². The third-order valence-electron chi connectivity index (χ3n) is 10.9. The minimum absolute atomic E-state index is 0.0399. The van der Waals surface area contributed by atoms with Crippen LogP contribution in [0.3, 0.4) is 0 Å². The van der Waals surface area contributed by atoms with Crippen LogP contribution in [-0.4, -0.2) is 40.2 Å². The van der Waals surface area contributed by atoms with Gasteiger partial charge in [-0.1, -0.05) is 44.1 Å². The monoisotopic (exact) mass is 532 g/mol. The molecule has 0 amide bonds. The molecule has 6 atom stereocenters. The summed E-state index contributed by atoms with van der Waals surface area (Å²) in [7, 11) is -0.248. The van der Waals surface area contributed by atoms with Crippen molar-refractivity contribution in [2.45, 2.75) is 69.9 Å². The van der Waals surface area contributed by atoms with Gasteiger partial charge in [-0.2, -0.15) is 0 Å². The van der Waals surface area contributed by atoms with E-state index in [1.165, 1.54) is 24.0 Å². The summed E-state index contributed by atoms with van der Waals surface area (Å²) in [6, 6.07) is 8.68. The second kappa shape index (κ2) is 7.95. The fraction of sp³-hybridized carbons (Fsp3) is 0.594. The number of fused-ring (bicyclic) bond motifs is 5. The van der Waals surface area contributed by atoms with Crippen molar-refractivity contribution in [3.63, 3.8) is 0 Å². The molecule has 1 spiro atoms. The largest absolute Gasteiger partial charge is 0.547 e. The van der Waals surface area contributed by atoms with Gasteiger partial charge in [0.15, 0.2) is 11.6 Å². The summed E-state index contributed by atoms with van der Waals surface area (Å²) in [5, 5.41) is 0. The molecule has 2 bridgehead atoms. The molecule has 7 rings (SSSR count). The molecule has 1 saturated heterocycles. The summed E-state index contributed by atoms with van der Waals surface area (Å²) in [4.78, 5) is 14.0. The molecule has 5 aliphatic carbocycles. The maximum Gasteiger partial charge on any atom is 0.241 e. The molecule has 0 aromatic heterocycles.